The monoisotopic (exact) mass is 202 g/mol. The Kier molecular flexibility index (Phi) is 2.86. The maximum atomic E-state index is 10.9. The molecule has 0 spiro atoms. The highest BCUT2D eigenvalue weighted by Crippen LogP contribution is 2.28. The molecule has 0 amide bonds. The summed E-state index contributed by atoms with van der Waals surface area (Å²) in [7, 11) is 0. The molecule has 78 valence electrons. The topological polar surface area (TPSA) is 26.3 Å². The van der Waals surface area contributed by atoms with E-state index in [0.29, 0.717) is 11.7 Å². The van der Waals surface area contributed by atoms with Gasteiger partial charge in [0.15, 0.2) is 0 Å². The van der Waals surface area contributed by atoms with Gasteiger partial charge in [0.1, 0.15) is 5.76 Å². The minimum atomic E-state index is -0.258. The van der Waals surface area contributed by atoms with Crippen LogP contribution in [-0.2, 0) is 9.53 Å². The van der Waals surface area contributed by atoms with Crippen molar-refractivity contribution in [3.8, 4) is 0 Å². The summed E-state index contributed by atoms with van der Waals surface area (Å²) in [5.41, 5.74) is 1.11. The van der Waals surface area contributed by atoms with E-state index in [1.807, 2.05) is 18.2 Å². The molecule has 2 bridgehead atoms. The van der Waals surface area contributed by atoms with E-state index in [1.165, 1.54) is 6.92 Å². The van der Waals surface area contributed by atoms with Crippen molar-refractivity contribution in [1.82, 2.24) is 0 Å². The third-order valence-corrected chi connectivity index (χ3v) is 2.55. The molecule has 0 aliphatic heterocycles. The average molecular weight is 202 g/mol. The molecular formula is C13H14O2. The van der Waals surface area contributed by atoms with Crippen LogP contribution < -0.4 is 0 Å². The largest absolute Gasteiger partial charge is 0.426 e. The lowest BCUT2D eigenvalue weighted by Crippen LogP contribution is -2.00. The summed E-state index contributed by atoms with van der Waals surface area (Å²) in [6, 6.07) is 0. The number of rotatable bonds is 1. The minimum absolute atomic E-state index is 0.258. The minimum Gasteiger partial charge on any atom is -0.426 e. The maximum Gasteiger partial charge on any atom is 0.308 e. The number of allylic oxidation sites excluding steroid dienone is 7. The molecule has 0 aromatic carbocycles. The standard InChI is InChI=1S/C13H14O2/c1-10(14)15-13-8-4-6-11-5-2-3-7-12(13)9-11/h2-5,7-8,11H,6,9H2,1H3/t11-/m0/s1. The predicted molar refractivity (Wildman–Crippen MR) is 58.9 cm³/mol. The molecular weight excluding hydrogens is 188 g/mol. The number of ether oxygens (including phenoxy) is 1. The molecule has 0 N–H and O–H groups in total. The van der Waals surface area contributed by atoms with E-state index in [2.05, 4.69) is 18.2 Å². The normalized spacial score (nSPS) is 23.7. The molecule has 0 fully saturated rings. The van der Waals surface area contributed by atoms with E-state index in [1.54, 1.807) is 0 Å². The van der Waals surface area contributed by atoms with Gasteiger partial charge in [0.05, 0.1) is 0 Å². The zero-order valence-corrected chi connectivity index (χ0v) is 8.77. The highest BCUT2D eigenvalue weighted by atomic mass is 16.5. The molecule has 2 aliphatic carbocycles. The van der Waals surface area contributed by atoms with E-state index in [-0.39, 0.29) is 5.97 Å². The van der Waals surface area contributed by atoms with Gasteiger partial charge in [-0.2, -0.15) is 0 Å². The van der Waals surface area contributed by atoms with Gasteiger partial charge < -0.3 is 4.74 Å². The van der Waals surface area contributed by atoms with Crippen LogP contribution in [0.25, 0.3) is 0 Å². The fourth-order valence-corrected chi connectivity index (χ4v) is 1.87. The highest BCUT2D eigenvalue weighted by molar-refractivity contribution is 5.68. The number of carbonyl (C=O) groups excluding carboxylic acids is 1. The van der Waals surface area contributed by atoms with Crippen LogP contribution in [0.1, 0.15) is 19.8 Å². The van der Waals surface area contributed by atoms with Crippen molar-refractivity contribution in [2.75, 3.05) is 0 Å². The van der Waals surface area contributed by atoms with E-state index < -0.39 is 0 Å². The second kappa shape index (κ2) is 4.30. The van der Waals surface area contributed by atoms with Crippen molar-refractivity contribution >= 4 is 5.97 Å². The lowest BCUT2D eigenvalue weighted by molar-refractivity contribution is -0.136. The summed E-state index contributed by atoms with van der Waals surface area (Å²) in [5, 5.41) is 0. The van der Waals surface area contributed by atoms with E-state index >= 15 is 0 Å². The molecule has 2 aliphatic rings. The van der Waals surface area contributed by atoms with Gasteiger partial charge in [-0.05, 0) is 30.4 Å². The van der Waals surface area contributed by atoms with Crippen molar-refractivity contribution in [2.45, 2.75) is 19.8 Å². The molecule has 15 heavy (non-hydrogen) atoms. The van der Waals surface area contributed by atoms with Crippen LogP contribution in [0.4, 0.5) is 0 Å². The quantitative estimate of drug-likeness (QED) is 0.611. The Labute approximate surface area is 89.6 Å². The third kappa shape index (κ3) is 2.46. The summed E-state index contributed by atoms with van der Waals surface area (Å²) in [6.07, 6.45) is 14.2. The molecule has 0 radical (unpaired) electrons. The molecule has 0 aromatic rings. The Morgan fingerprint density at radius 3 is 3.07 bits per heavy atom. The van der Waals surface area contributed by atoms with Crippen molar-refractivity contribution in [3.63, 3.8) is 0 Å². The lowest BCUT2D eigenvalue weighted by atomic mass is 9.99. The molecule has 0 saturated heterocycles. The van der Waals surface area contributed by atoms with Gasteiger partial charge in [-0.15, -0.1) is 0 Å². The number of hydrogen-bond donors (Lipinski definition) is 0. The third-order valence-electron chi connectivity index (χ3n) is 2.55. The van der Waals surface area contributed by atoms with Crippen molar-refractivity contribution in [3.05, 3.63) is 47.8 Å². The Morgan fingerprint density at radius 1 is 1.40 bits per heavy atom. The average Bonchev–Trinajstić information content (AvgIpc) is 2.50. The summed E-state index contributed by atoms with van der Waals surface area (Å²) in [5.74, 6) is 0.968. The van der Waals surface area contributed by atoms with Gasteiger partial charge in [0.25, 0.3) is 0 Å². The fraction of sp³-hybridized carbons (Fsp3) is 0.308. The summed E-state index contributed by atoms with van der Waals surface area (Å²) < 4.78 is 5.19. The van der Waals surface area contributed by atoms with Crippen molar-refractivity contribution < 1.29 is 9.53 Å². The Balaban J connectivity index is 2.32. The maximum absolute atomic E-state index is 10.9. The Morgan fingerprint density at radius 2 is 2.27 bits per heavy atom. The molecule has 2 heteroatoms. The van der Waals surface area contributed by atoms with Crippen LogP contribution in [0.15, 0.2) is 47.8 Å². The van der Waals surface area contributed by atoms with Gasteiger partial charge in [-0.3, -0.25) is 4.79 Å². The fourth-order valence-electron chi connectivity index (χ4n) is 1.87. The highest BCUT2D eigenvalue weighted by Gasteiger charge is 2.15. The molecule has 2 rings (SSSR count). The summed E-state index contributed by atoms with van der Waals surface area (Å²) in [4.78, 5) is 10.9. The van der Waals surface area contributed by atoms with Crippen molar-refractivity contribution in [2.24, 2.45) is 5.92 Å². The van der Waals surface area contributed by atoms with Crippen LogP contribution in [0.5, 0.6) is 0 Å². The molecule has 1 atom stereocenters. The van der Waals surface area contributed by atoms with E-state index in [4.69, 9.17) is 4.74 Å². The van der Waals surface area contributed by atoms with Crippen LogP contribution in [0.2, 0.25) is 0 Å². The van der Waals surface area contributed by atoms with Gasteiger partial charge in [0.2, 0.25) is 0 Å². The first-order valence-electron chi connectivity index (χ1n) is 5.18. The first-order chi connectivity index (χ1) is 7.25. The van der Waals surface area contributed by atoms with Gasteiger partial charge in [0, 0.05) is 6.92 Å². The molecule has 0 aromatic heterocycles. The number of fused-ring (bicyclic) bond motifs is 2. The van der Waals surface area contributed by atoms with E-state index in [9.17, 15) is 4.79 Å². The SMILES string of the molecule is CC(=O)OC1=C2C=CC=C[C@@H](CC=C1)C2. The smallest absolute Gasteiger partial charge is 0.308 e. The van der Waals surface area contributed by atoms with Crippen LogP contribution in [-0.4, -0.2) is 5.97 Å². The molecule has 2 nitrogen and oxygen atoms in total. The van der Waals surface area contributed by atoms with Crippen LogP contribution in [0, 0.1) is 5.92 Å². The van der Waals surface area contributed by atoms with Gasteiger partial charge in [-0.1, -0.05) is 30.4 Å². The summed E-state index contributed by atoms with van der Waals surface area (Å²) >= 11 is 0. The van der Waals surface area contributed by atoms with Crippen LogP contribution in [0.3, 0.4) is 0 Å². The Hall–Kier alpha value is -1.57. The van der Waals surface area contributed by atoms with Crippen LogP contribution >= 0.6 is 0 Å². The number of hydrogen-bond acceptors (Lipinski definition) is 2. The Bertz CT molecular complexity index is 383. The second-order valence-electron chi connectivity index (χ2n) is 3.83. The summed E-state index contributed by atoms with van der Waals surface area (Å²) in [6.45, 7) is 1.43. The molecule has 0 saturated carbocycles. The predicted octanol–water partition coefficient (Wildman–Crippen LogP) is 2.90. The zero-order valence-electron chi connectivity index (χ0n) is 8.77. The molecule has 0 heterocycles. The number of carbonyl (C=O) groups is 1. The van der Waals surface area contributed by atoms with Gasteiger partial charge >= 0.3 is 5.97 Å². The lowest BCUT2D eigenvalue weighted by Gasteiger charge is -2.09. The first kappa shape index (κ1) is 9.97. The van der Waals surface area contributed by atoms with Gasteiger partial charge in [-0.25, -0.2) is 0 Å². The first-order valence-corrected chi connectivity index (χ1v) is 5.18. The van der Waals surface area contributed by atoms with Crippen molar-refractivity contribution in [1.29, 1.82) is 0 Å². The second-order valence-corrected chi connectivity index (χ2v) is 3.83. The number of esters is 1. The zero-order chi connectivity index (χ0) is 10.7. The van der Waals surface area contributed by atoms with E-state index in [0.717, 1.165) is 18.4 Å². The molecule has 0 unspecified atom stereocenters.